The van der Waals surface area contributed by atoms with Crippen LogP contribution < -0.4 is 10.6 Å². The van der Waals surface area contributed by atoms with E-state index >= 15 is 0 Å². The molecule has 228 valence electrons. The van der Waals surface area contributed by atoms with Gasteiger partial charge in [-0.25, -0.2) is 9.98 Å². The first-order valence-electron chi connectivity index (χ1n) is 15.5. The van der Waals surface area contributed by atoms with Gasteiger partial charge in [0.1, 0.15) is 11.7 Å². The molecule has 0 saturated heterocycles. The summed E-state index contributed by atoms with van der Waals surface area (Å²) >= 11 is 0. The van der Waals surface area contributed by atoms with E-state index in [0.717, 1.165) is 45.5 Å². The van der Waals surface area contributed by atoms with Crippen LogP contribution in [0.15, 0.2) is 168 Å². The molecule has 0 aromatic heterocycles. The van der Waals surface area contributed by atoms with Crippen molar-refractivity contribution in [2.24, 2.45) is 9.98 Å². The van der Waals surface area contributed by atoms with Crippen molar-refractivity contribution in [2.75, 3.05) is 10.6 Å². The second-order valence-electron chi connectivity index (χ2n) is 11.3. The monoisotopic (exact) mass is 600 g/mol. The van der Waals surface area contributed by atoms with Crippen molar-refractivity contribution in [1.82, 2.24) is 0 Å². The molecule has 6 aromatic carbocycles. The van der Waals surface area contributed by atoms with E-state index in [1.807, 2.05) is 60.7 Å². The van der Waals surface area contributed by atoms with E-state index in [0.29, 0.717) is 0 Å². The van der Waals surface area contributed by atoms with Crippen LogP contribution in [0.5, 0.6) is 0 Å². The highest BCUT2D eigenvalue weighted by atomic mass is 15.0. The van der Waals surface area contributed by atoms with Crippen LogP contribution in [0.3, 0.4) is 0 Å². The maximum atomic E-state index is 4.79. The van der Waals surface area contributed by atoms with E-state index in [-0.39, 0.29) is 0 Å². The zero-order chi connectivity index (χ0) is 32.1. The van der Waals surface area contributed by atoms with E-state index < -0.39 is 0 Å². The largest absolute Gasteiger partial charge is 0.340 e. The molecule has 0 saturated carbocycles. The Morgan fingerprint density at radius 3 is 0.935 bits per heavy atom. The number of amidine groups is 2. The van der Waals surface area contributed by atoms with Gasteiger partial charge >= 0.3 is 0 Å². The van der Waals surface area contributed by atoms with Gasteiger partial charge in [0, 0.05) is 22.5 Å². The average Bonchev–Trinajstić information content (AvgIpc) is 3.09. The molecule has 0 atom stereocenters. The SMILES string of the molecule is Cc1ccc(N=C(Nc2ccc(C)cc2)c2ccccc2)cc1.Cc1ccc(N=C(Nc2ccc(C)cc2)c2ccccc2)cc1. The fraction of sp³-hybridized carbons (Fsp3) is 0.0952. The molecule has 4 heteroatoms. The molecular formula is C42H40N4. The summed E-state index contributed by atoms with van der Waals surface area (Å²) in [5, 5.41) is 6.87. The lowest BCUT2D eigenvalue weighted by molar-refractivity contribution is 1.41. The highest BCUT2D eigenvalue weighted by molar-refractivity contribution is 6.10. The van der Waals surface area contributed by atoms with Crippen LogP contribution in [0.25, 0.3) is 0 Å². The first-order valence-corrected chi connectivity index (χ1v) is 15.5. The minimum absolute atomic E-state index is 0.846. The van der Waals surface area contributed by atoms with E-state index in [9.17, 15) is 0 Å². The van der Waals surface area contributed by atoms with Gasteiger partial charge in [0.15, 0.2) is 0 Å². The Morgan fingerprint density at radius 1 is 0.348 bits per heavy atom. The molecule has 0 aliphatic rings. The summed E-state index contributed by atoms with van der Waals surface area (Å²) in [6, 6.07) is 53.5. The van der Waals surface area contributed by atoms with Crippen LogP contribution in [-0.4, -0.2) is 11.7 Å². The average molecular weight is 601 g/mol. The number of hydrogen-bond donors (Lipinski definition) is 2. The Kier molecular flexibility index (Phi) is 10.9. The third-order valence-electron chi connectivity index (χ3n) is 7.27. The molecule has 6 rings (SSSR count). The zero-order valence-corrected chi connectivity index (χ0v) is 26.9. The Bertz CT molecular complexity index is 1710. The minimum atomic E-state index is 0.846. The summed E-state index contributed by atoms with van der Waals surface area (Å²) in [6.45, 7) is 8.33. The molecule has 0 unspecified atom stereocenters. The fourth-order valence-corrected chi connectivity index (χ4v) is 4.57. The van der Waals surface area contributed by atoms with Crippen molar-refractivity contribution in [2.45, 2.75) is 27.7 Å². The predicted octanol–water partition coefficient (Wildman–Crippen LogP) is 11.0. The van der Waals surface area contributed by atoms with E-state index in [4.69, 9.17) is 9.98 Å². The van der Waals surface area contributed by atoms with Crippen molar-refractivity contribution in [3.05, 3.63) is 191 Å². The molecule has 0 heterocycles. The lowest BCUT2D eigenvalue weighted by atomic mass is 10.1. The van der Waals surface area contributed by atoms with Crippen LogP contribution in [0.4, 0.5) is 22.7 Å². The van der Waals surface area contributed by atoms with Crippen molar-refractivity contribution < 1.29 is 0 Å². The number of rotatable bonds is 6. The Hall–Kier alpha value is -5.74. The van der Waals surface area contributed by atoms with Gasteiger partial charge in [-0.05, 0) is 76.2 Å². The van der Waals surface area contributed by atoms with Gasteiger partial charge in [-0.3, -0.25) is 0 Å². The van der Waals surface area contributed by atoms with Crippen LogP contribution in [-0.2, 0) is 0 Å². The maximum Gasteiger partial charge on any atom is 0.138 e. The molecule has 0 aliphatic carbocycles. The first-order chi connectivity index (χ1) is 22.4. The maximum absolute atomic E-state index is 4.79. The topological polar surface area (TPSA) is 48.8 Å². The molecule has 0 amide bonds. The van der Waals surface area contributed by atoms with Gasteiger partial charge in [0.2, 0.25) is 0 Å². The standard InChI is InChI=1S/2C21H20N2/c2*1-16-8-12-19(13-9-16)22-21(18-6-4-3-5-7-18)23-20-14-10-17(2)11-15-20/h2*3-15H,1-2H3,(H,22,23). The molecule has 0 bridgehead atoms. The minimum Gasteiger partial charge on any atom is -0.340 e. The second-order valence-corrected chi connectivity index (χ2v) is 11.3. The van der Waals surface area contributed by atoms with Crippen LogP contribution in [0.2, 0.25) is 0 Å². The van der Waals surface area contributed by atoms with Crippen LogP contribution >= 0.6 is 0 Å². The van der Waals surface area contributed by atoms with Gasteiger partial charge in [0.05, 0.1) is 11.4 Å². The van der Waals surface area contributed by atoms with Crippen LogP contribution in [0, 0.1) is 27.7 Å². The number of nitrogens with zero attached hydrogens (tertiary/aromatic N) is 2. The lowest BCUT2D eigenvalue weighted by Gasteiger charge is -2.11. The molecular weight excluding hydrogens is 560 g/mol. The highest BCUT2D eigenvalue weighted by Crippen LogP contribution is 2.19. The van der Waals surface area contributed by atoms with Gasteiger partial charge < -0.3 is 10.6 Å². The summed E-state index contributed by atoms with van der Waals surface area (Å²) in [4.78, 5) is 9.59. The molecule has 2 N–H and O–H groups in total. The van der Waals surface area contributed by atoms with Crippen LogP contribution in [0.1, 0.15) is 33.4 Å². The zero-order valence-electron chi connectivity index (χ0n) is 26.9. The van der Waals surface area contributed by atoms with Gasteiger partial charge in [-0.2, -0.15) is 0 Å². The molecule has 46 heavy (non-hydrogen) atoms. The number of nitrogens with one attached hydrogen (secondary N) is 2. The molecule has 4 nitrogen and oxygen atoms in total. The number of aryl methyl sites for hydroxylation is 4. The number of anilines is 2. The van der Waals surface area contributed by atoms with Crippen molar-refractivity contribution in [3.8, 4) is 0 Å². The summed E-state index contributed by atoms with van der Waals surface area (Å²) in [7, 11) is 0. The number of benzene rings is 6. The third-order valence-corrected chi connectivity index (χ3v) is 7.27. The normalized spacial score (nSPS) is 11.3. The lowest BCUT2D eigenvalue weighted by Crippen LogP contribution is -2.13. The Labute approximate surface area is 273 Å². The molecule has 0 fully saturated rings. The smallest absolute Gasteiger partial charge is 0.138 e. The highest BCUT2D eigenvalue weighted by Gasteiger charge is 2.06. The summed E-state index contributed by atoms with van der Waals surface area (Å²) in [6.07, 6.45) is 0. The second kappa shape index (κ2) is 15.8. The number of hydrogen-bond acceptors (Lipinski definition) is 2. The Balaban J connectivity index is 0.000000181. The predicted molar refractivity (Wildman–Crippen MR) is 197 cm³/mol. The van der Waals surface area contributed by atoms with Gasteiger partial charge in [-0.1, -0.05) is 131 Å². The molecule has 0 aliphatic heterocycles. The Morgan fingerprint density at radius 2 is 0.630 bits per heavy atom. The van der Waals surface area contributed by atoms with Gasteiger partial charge in [0.25, 0.3) is 0 Å². The summed E-state index contributed by atoms with van der Waals surface area (Å²) in [5.74, 6) is 1.69. The van der Waals surface area contributed by atoms with Crippen molar-refractivity contribution >= 4 is 34.4 Å². The molecule has 6 aromatic rings. The van der Waals surface area contributed by atoms with Crippen molar-refractivity contribution in [1.29, 1.82) is 0 Å². The summed E-state index contributed by atoms with van der Waals surface area (Å²) in [5.41, 5.74) is 11.0. The summed E-state index contributed by atoms with van der Waals surface area (Å²) < 4.78 is 0. The van der Waals surface area contributed by atoms with E-state index in [1.165, 1.54) is 22.3 Å². The first kappa shape index (κ1) is 31.7. The van der Waals surface area contributed by atoms with Gasteiger partial charge in [-0.15, -0.1) is 0 Å². The quantitative estimate of drug-likeness (QED) is 0.148. The van der Waals surface area contributed by atoms with E-state index in [2.05, 4.69) is 135 Å². The number of aliphatic imine (C=N–C) groups is 2. The third kappa shape index (κ3) is 9.63. The fourth-order valence-electron chi connectivity index (χ4n) is 4.57. The molecule has 0 radical (unpaired) electrons. The molecule has 0 spiro atoms. The van der Waals surface area contributed by atoms with E-state index in [1.54, 1.807) is 0 Å². The van der Waals surface area contributed by atoms with Crippen molar-refractivity contribution in [3.63, 3.8) is 0 Å².